The minimum Gasteiger partial charge on any atom is -0.423 e. The van der Waals surface area contributed by atoms with Gasteiger partial charge in [-0.05, 0) is 30.6 Å². The van der Waals surface area contributed by atoms with E-state index in [9.17, 15) is 4.79 Å². The predicted octanol–water partition coefficient (Wildman–Crippen LogP) is 4.07. The Balaban J connectivity index is 1.94. The van der Waals surface area contributed by atoms with Crippen LogP contribution in [0.5, 0.6) is 5.75 Å². The molecule has 0 atom stereocenters. The number of para-hydroxylation sites is 1. The Kier molecular flexibility index (Phi) is 4.78. The third-order valence-electron chi connectivity index (χ3n) is 4.72. The third kappa shape index (κ3) is 3.27. The highest BCUT2D eigenvalue weighted by atomic mass is 32.2. The molecule has 1 aliphatic carbocycles. The fourth-order valence-corrected chi connectivity index (χ4v) is 3.59. The molecule has 0 saturated heterocycles. The second kappa shape index (κ2) is 7.23. The maximum absolute atomic E-state index is 11.9. The summed E-state index contributed by atoms with van der Waals surface area (Å²) in [5.74, 6) is 0.632. The van der Waals surface area contributed by atoms with Crippen molar-refractivity contribution in [3.8, 4) is 17.0 Å². The SMILES string of the molecule is CCC(=O)Oc1cnc(SC)nc1-c1cn(OC)c2c(C3CC3)cccc12. The van der Waals surface area contributed by atoms with Crippen LogP contribution in [0.1, 0.15) is 37.7 Å². The van der Waals surface area contributed by atoms with Gasteiger partial charge in [0.15, 0.2) is 10.9 Å². The number of hydrogen-bond acceptors (Lipinski definition) is 6. The zero-order valence-electron chi connectivity index (χ0n) is 15.6. The Morgan fingerprint density at radius 3 is 2.85 bits per heavy atom. The number of carbonyl (C=O) groups excluding carboxylic acids is 1. The summed E-state index contributed by atoms with van der Waals surface area (Å²) in [4.78, 5) is 26.4. The van der Waals surface area contributed by atoms with Gasteiger partial charge >= 0.3 is 5.97 Å². The second-order valence-electron chi connectivity index (χ2n) is 6.47. The molecule has 2 heterocycles. The van der Waals surface area contributed by atoms with E-state index in [0.29, 0.717) is 22.5 Å². The van der Waals surface area contributed by atoms with Gasteiger partial charge in [0.2, 0.25) is 0 Å². The molecule has 0 spiro atoms. The number of thioether (sulfide) groups is 1. The first kappa shape index (κ1) is 17.9. The molecule has 140 valence electrons. The van der Waals surface area contributed by atoms with E-state index in [2.05, 4.69) is 28.2 Å². The van der Waals surface area contributed by atoms with Gasteiger partial charge in [-0.1, -0.05) is 36.9 Å². The summed E-state index contributed by atoms with van der Waals surface area (Å²) in [6, 6.07) is 6.27. The van der Waals surface area contributed by atoms with E-state index in [1.54, 1.807) is 25.0 Å². The van der Waals surface area contributed by atoms with Gasteiger partial charge in [-0.2, -0.15) is 4.73 Å². The molecule has 6 nitrogen and oxygen atoms in total. The van der Waals surface area contributed by atoms with Crippen molar-refractivity contribution in [3.05, 3.63) is 36.2 Å². The van der Waals surface area contributed by atoms with Crippen LogP contribution in [0.2, 0.25) is 0 Å². The average Bonchev–Trinajstić information content (AvgIpc) is 3.48. The number of benzene rings is 1. The van der Waals surface area contributed by atoms with E-state index in [-0.39, 0.29) is 12.4 Å². The van der Waals surface area contributed by atoms with Crippen molar-refractivity contribution < 1.29 is 14.4 Å². The Morgan fingerprint density at radius 2 is 2.19 bits per heavy atom. The number of rotatable bonds is 6. The van der Waals surface area contributed by atoms with Crippen molar-refractivity contribution in [1.82, 2.24) is 14.7 Å². The molecule has 2 aromatic heterocycles. The normalized spacial score (nSPS) is 13.7. The molecule has 3 aromatic rings. The summed E-state index contributed by atoms with van der Waals surface area (Å²) in [5, 5.41) is 1.65. The lowest BCUT2D eigenvalue weighted by atomic mass is 10.0. The maximum atomic E-state index is 11.9. The number of carbonyl (C=O) groups is 1. The Hall–Kier alpha value is -2.54. The van der Waals surface area contributed by atoms with Gasteiger partial charge in [-0.25, -0.2) is 9.97 Å². The van der Waals surface area contributed by atoms with Crippen LogP contribution in [-0.2, 0) is 4.79 Å². The molecular formula is C20H21N3O3S. The smallest absolute Gasteiger partial charge is 0.311 e. The number of hydrogen-bond donors (Lipinski definition) is 0. The molecule has 0 radical (unpaired) electrons. The van der Waals surface area contributed by atoms with Gasteiger partial charge in [0, 0.05) is 17.4 Å². The molecule has 1 fully saturated rings. The van der Waals surface area contributed by atoms with Crippen LogP contribution in [0.15, 0.2) is 35.7 Å². The lowest BCUT2D eigenvalue weighted by molar-refractivity contribution is -0.134. The molecule has 0 N–H and O–H groups in total. The quantitative estimate of drug-likeness (QED) is 0.363. The molecule has 1 aromatic carbocycles. The van der Waals surface area contributed by atoms with E-state index in [1.807, 2.05) is 12.5 Å². The molecule has 0 amide bonds. The average molecular weight is 383 g/mol. The summed E-state index contributed by atoms with van der Waals surface area (Å²) in [6.07, 6.45) is 8.09. The predicted molar refractivity (Wildman–Crippen MR) is 105 cm³/mol. The first-order chi connectivity index (χ1) is 13.2. The van der Waals surface area contributed by atoms with E-state index in [4.69, 9.17) is 9.57 Å². The third-order valence-corrected chi connectivity index (χ3v) is 5.28. The van der Waals surface area contributed by atoms with Crippen molar-refractivity contribution in [1.29, 1.82) is 0 Å². The zero-order chi connectivity index (χ0) is 19.0. The van der Waals surface area contributed by atoms with Crippen LogP contribution in [0.3, 0.4) is 0 Å². The van der Waals surface area contributed by atoms with Gasteiger partial charge in [-0.3, -0.25) is 4.79 Å². The molecule has 1 saturated carbocycles. The molecule has 7 heteroatoms. The summed E-state index contributed by atoms with van der Waals surface area (Å²) < 4.78 is 7.29. The van der Waals surface area contributed by atoms with Crippen molar-refractivity contribution >= 4 is 28.6 Å². The minimum absolute atomic E-state index is 0.287. The van der Waals surface area contributed by atoms with Crippen molar-refractivity contribution in [3.63, 3.8) is 0 Å². The highest BCUT2D eigenvalue weighted by molar-refractivity contribution is 7.98. The Labute approximate surface area is 161 Å². The van der Waals surface area contributed by atoms with Crippen molar-refractivity contribution in [2.75, 3.05) is 13.4 Å². The van der Waals surface area contributed by atoms with E-state index < -0.39 is 0 Å². The van der Waals surface area contributed by atoms with Gasteiger partial charge in [0.1, 0.15) is 12.8 Å². The lowest BCUT2D eigenvalue weighted by Crippen LogP contribution is -2.08. The standard InChI is InChI=1S/C20H21N3O3S/c1-4-17(24)26-16-10-21-20(27-3)22-18(16)15-11-23(25-2)19-13(12-8-9-12)6-5-7-14(15)19/h5-7,10-12H,4,8-9H2,1-3H3. The number of fused-ring (bicyclic) bond motifs is 1. The van der Waals surface area contributed by atoms with Gasteiger partial charge < -0.3 is 9.57 Å². The number of nitrogens with zero attached hydrogens (tertiary/aromatic N) is 3. The number of aromatic nitrogens is 3. The Bertz CT molecular complexity index is 1010. The molecule has 27 heavy (non-hydrogen) atoms. The number of esters is 1. The van der Waals surface area contributed by atoms with Gasteiger partial charge in [-0.15, -0.1) is 0 Å². The topological polar surface area (TPSA) is 66.2 Å². The first-order valence-electron chi connectivity index (χ1n) is 8.96. The largest absolute Gasteiger partial charge is 0.423 e. The van der Waals surface area contributed by atoms with E-state index >= 15 is 0 Å². The fraction of sp³-hybridized carbons (Fsp3) is 0.350. The summed E-state index contributed by atoms with van der Waals surface area (Å²) >= 11 is 1.45. The molecule has 0 unspecified atom stereocenters. The van der Waals surface area contributed by atoms with Gasteiger partial charge in [0.05, 0.1) is 17.9 Å². The van der Waals surface area contributed by atoms with Crippen molar-refractivity contribution in [2.45, 2.75) is 37.3 Å². The zero-order valence-corrected chi connectivity index (χ0v) is 16.4. The molecule has 0 bridgehead atoms. The molecule has 4 rings (SSSR count). The highest BCUT2D eigenvalue weighted by Gasteiger charge is 2.28. The molecular weight excluding hydrogens is 362 g/mol. The minimum atomic E-state index is -0.314. The summed E-state index contributed by atoms with van der Waals surface area (Å²) in [5.41, 5.74) is 3.80. The molecule has 0 aliphatic heterocycles. The van der Waals surface area contributed by atoms with E-state index in [0.717, 1.165) is 16.5 Å². The second-order valence-corrected chi connectivity index (χ2v) is 7.24. The fourth-order valence-electron chi connectivity index (χ4n) is 3.25. The maximum Gasteiger partial charge on any atom is 0.311 e. The van der Waals surface area contributed by atoms with Crippen LogP contribution < -0.4 is 9.57 Å². The van der Waals surface area contributed by atoms with Crippen LogP contribution in [0, 0.1) is 0 Å². The first-order valence-corrected chi connectivity index (χ1v) is 10.2. The Morgan fingerprint density at radius 1 is 1.37 bits per heavy atom. The molecule has 1 aliphatic rings. The van der Waals surface area contributed by atoms with Crippen LogP contribution in [0.25, 0.3) is 22.2 Å². The van der Waals surface area contributed by atoms with Crippen LogP contribution in [-0.4, -0.2) is 34.0 Å². The van der Waals surface area contributed by atoms with Crippen LogP contribution >= 0.6 is 11.8 Å². The summed E-state index contributed by atoms with van der Waals surface area (Å²) in [6.45, 7) is 1.76. The summed E-state index contributed by atoms with van der Waals surface area (Å²) in [7, 11) is 1.65. The monoisotopic (exact) mass is 383 g/mol. The highest BCUT2D eigenvalue weighted by Crippen LogP contribution is 2.45. The lowest BCUT2D eigenvalue weighted by Gasteiger charge is -2.09. The number of ether oxygens (including phenoxy) is 1. The van der Waals surface area contributed by atoms with Gasteiger partial charge in [0.25, 0.3) is 0 Å². The van der Waals surface area contributed by atoms with E-state index in [1.165, 1.54) is 30.2 Å². The van der Waals surface area contributed by atoms with Crippen molar-refractivity contribution in [2.24, 2.45) is 0 Å². The van der Waals surface area contributed by atoms with Crippen LogP contribution in [0.4, 0.5) is 0 Å².